The predicted molar refractivity (Wildman–Crippen MR) is 136 cm³/mol. The Morgan fingerprint density at radius 3 is 2.60 bits per heavy atom. The standard InChI is InChI=1S/C27H29N3O4S/c1-4-33-26(32)23-18(3)28-27-30(24(23)19-10-8-17(2)9-11-19)25(31)21(35-27)16-20-12-13-22(34-20)29-14-6-5-7-15-29/h8-13,16,24H,4-7,14-15H2,1-3H3/t24-/m0/s1. The summed E-state index contributed by atoms with van der Waals surface area (Å²) in [5, 5.41) is 0. The fourth-order valence-corrected chi connectivity index (χ4v) is 5.72. The summed E-state index contributed by atoms with van der Waals surface area (Å²) < 4.78 is 13.5. The highest BCUT2D eigenvalue weighted by Gasteiger charge is 2.33. The lowest BCUT2D eigenvalue weighted by Gasteiger charge is -2.25. The van der Waals surface area contributed by atoms with Crippen LogP contribution in [0, 0.1) is 6.92 Å². The first-order valence-electron chi connectivity index (χ1n) is 12.1. The number of carbonyl (C=O) groups is 1. The van der Waals surface area contributed by atoms with E-state index in [0.717, 1.165) is 42.9 Å². The number of ether oxygens (including phenoxy) is 1. The summed E-state index contributed by atoms with van der Waals surface area (Å²) in [4.78, 5) is 34.0. The van der Waals surface area contributed by atoms with Gasteiger partial charge in [-0.2, -0.15) is 0 Å². The lowest BCUT2D eigenvalue weighted by atomic mass is 9.95. The van der Waals surface area contributed by atoms with Crippen LogP contribution in [0.1, 0.15) is 56.0 Å². The molecule has 1 aromatic carbocycles. The lowest BCUT2D eigenvalue weighted by molar-refractivity contribution is -0.139. The van der Waals surface area contributed by atoms with Crippen LogP contribution in [-0.2, 0) is 9.53 Å². The number of fused-ring (bicyclic) bond motifs is 1. The molecule has 4 heterocycles. The number of aryl methyl sites for hydroxylation is 1. The Kier molecular flexibility index (Phi) is 6.47. The van der Waals surface area contributed by atoms with Crippen molar-refractivity contribution < 1.29 is 13.9 Å². The van der Waals surface area contributed by atoms with E-state index in [-0.39, 0.29) is 12.2 Å². The molecule has 0 unspecified atom stereocenters. The van der Waals surface area contributed by atoms with Gasteiger partial charge >= 0.3 is 5.97 Å². The molecule has 2 aromatic heterocycles. The molecule has 0 N–H and O–H groups in total. The van der Waals surface area contributed by atoms with Crippen LogP contribution >= 0.6 is 11.3 Å². The van der Waals surface area contributed by atoms with Gasteiger partial charge in [-0.3, -0.25) is 9.36 Å². The highest BCUT2D eigenvalue weighted by atomic mass is 32.1. The van der Waals surface area contributed by atoms with E-state index in [9.17, 15) is 9.59 Å². The highest BCUT2D eigenvalue weighted by Crippen LogP contribution is 2.31. The molecule has 2 aliphatic heterocycles. The number of benzene rings is 1. The molecule has 5 rings (SSSR count). The molecule has 35 heavy (non-hydrogen) atoms. The molecule has 0 saturated carbocycles. The molecule has 0 bridgehead atoms. The number of aromatic nitrogens is 1. The van der Waals surface area contributed by atoms with E-state index in [0.29, 0.717) is 26.4 Å². The van der Waals surface area contributed by atoms with Crippen molar-refractivity contribution in [1.29, 1.82) is 0 Å². The van der Waals surface area contributed by atoms with E-state index in [4.69, 9.17) is 9.15 Å². The van der Waals surface area contributed by atoms with Crippen molar-refractivity contribution in [3.05, 3.63) is 84.2 Å². The Bertz CT molecular complexity index is 1450. The summed E-state index contributed by atoms with van der Waals surface area (Å²) in [7, 11) is 0. The number of anilines is 1. The number of nitrogens with zero attached hydrogens (tertiary/aromatic N) is 3. The number of rotatable bonds is 5. The minimum Gasteiger partial charge on any atom is -0.463 e. The normalized spacial score (nSPS) is 18.4. The van der Waals surface area contributed by atoms with Gasteiger partial charge in [0.15, 0.2) is 10.7 Å². The Morgan fingerprint density at radius 2 is 1.89 bits per heavy atom. The molecule has 2 aliphatic rings. The van der Waals surface area contributed by atoms with E-state index < -0.39 is 12.0 Å². The van der Waals surface area contributed by atoms with Crippen molar-refractivity contribution in [2.24, 2.45) is 4.99 Å². The molecule has 0 radical (unpaired) electrons. The summed E-state index contributed by atoms with van der Waals surface area (Å²) in [6, 6.07) is 11.1. The number of thiazole rings is 1. The van der Waals surface area contributed by atoms with Gasteiger partial charge < -0.3 is 14.1 Å². The van der Waals surface area contributed by atoms with Crippen molar-refractivity contribution in [2.75, 3.05) is 24.6 Å². The van der Waals surface area contributed by atoms with Gasteiger partial charge in [0.25, 0.3) is 5.56 Å². The SMILES string of the molecule is CCOC(=O)C1=C(C)N=c2sc(=Cc3ccc(N4CCCCC4)o3)c(=O)n2[C@H]1c1ccc(C)cc1. The minimum atomic E-state index is -0.603. The van der Waals surface area contributed by atoms with Gasteiger partial charge in [0, 0.05) is 25.2 Å². The van der Waals surface area contributed by atoms with E-state index in [1.807, 2.05) is 43.3 Å². The Hall–Kier alpha value is -3.39. The second-order valence-corrected chi connectivity index (χ2v) is 9.95. The number of allylic oxidation sites excluding steroid dienone is 1. The summed E-state index contributed by atoms with van der Waals surface area (Å²) >= 11 is 1.30. The number of hydrogen-bond donors (Lipinski definition) is 0. The zero-order chi connectivity index (χ0) is 24.5. The van der Waals surface area contributed by atoms with Gasteiger partial charge in [0.1, 0.15) is 5.76 Å². The molecule has 1 fully saturated rings. The molecule has 0 aliphatic carbocycles. The van der Waals surface area contributed by atoms with Gasteiger partial charge in [-0.25, -0.2) is 9.79 Å². The monoisotopic (exact) mass is 491 g/mol. The number of carbonyl (C=O) groups excluding carboxylic acids is 1. The Labute approximate surface area is 207 Å². The molecule has 7 nitrogen and oxygen atoms in total. The summed E-state index contributed by atoms with van der Waals surface area (Å²) in [5.41, 5.74) is 2.68. The first-order chi connectivity index (χ1) is 17.0. The third-order valence-electron chi connectivity index (χ3n) is 6.46. The van der Waals surface area contributed by atoms with Crippen LogP contribution in [0.3, 0.4) is 0 Å². The molecule has 182 valence electrons. The number of piperidine rings is 1. The van der Waals surface area contributed by atoms with Crippen LogP contribution in [-0.4, -0.2) is 30.2 Å². The molecule has 8 heteroatoms. The first-order valence-corrected chi connectivity index (χ1v) is 12.9. The first kappa shape index (κ1) is 23.4. The average Bonchev–Trinajstić information content (AvgIpc) is 3.44. The van der Waals surface area contributed by atoms with Crippen molar-refractivity contribution in [1.82, 2.24) is 4.57 Å². The summed E-state index contributed by atoms with van der Waals surface area (Å²) in [6.45, 7) is 7.79. The van der Waals surface area contributed by atoms with Crippen LogP contribution in [0.15, 0.2) is 61.9 Å². The Balaban J connectivity index is 1.60. The van der Waals surface area contributed by atoms with Crippen LogP contribution in [0.2, 0.25) is 0 Å². The highest BCUT2D eigenvalue weighted by molar-refractivity contribution is 7.07. The summed E-state index contributed by atoms with van der Waals surface area (Å²) in [5.74, 6) is 1.01. The lowest BCUT2D eigenvalue weighted by Crippen LogP contribution is -2.39. The van der Waals surface area contributed by atoms with Crippen LogP contribution in [0.4, 0.5) is 5.88 Å². The smallest absolute Gasteiger partial charge is 0.338 e. The Morgan fingerprint density at radius 1 is 1.14 bits per heavy atom. The van der Waals surface area contributed by atoms with Gasteiger partial charge in [0.2, 0.25) is 0 Å². The van der Waals surface area contributed by atoms with Crippen molar-refractivity contribution in [3.63, 3.8) is 0 Å². The maximum atomic E-state index is 13.7. The van der Waals surface area contributed by atoms with Crippen molar-refractivity contribution in [2.45, 2.75) is 46.1 Å². The van der Waals surface area contributed by atoms with E-state index in [1.165, 1.54) is 17.8 Å². The van der Waals surface area contributed by atoms with Gasteiger partial charge in [0.05, 0.1) is 28.5 Å². The fraction of sp³-hybridized carbons (Fsp3) is 0.370. The van der Waals surface area contributed by atoms with E-state index in [1.54, 1.807) is 24.5 Å². The quantitative estimate of drug-likeness (QED) is 0.509. The molecule has 0 amide bonds. The van der Waals surface area contributed by atoms with Crippen LogP contribution in [0.25, 0.3) is 6.08 Å². The minimum absolute atomic E-state index is 0.204. The van der Waals surface area contributed by atoms with E-state index >= 15 is 0 Å². The fourth-order valence-electron chi connectivity index (χ4n) is 4.69. The topological polar surface area (TPSA) is 77.0 Å². The number of esters is 1. The van der Waals surface area contributed by atoms with Crippen LogP contribution < -0.4 is 19.8 Å². The molecule has 1 saturated heterocycles. The second-order valence-electron chi connectivity index (χ2n) is 8.94. The summed E-state index contributed by atoms with van der Waals surface area (Å²) in [6.07, 6.45) is 5.35. The second kappa shape index (κ2) is 9.70. The third-order valence-corrected chi connectivity index (χ3v) is 7.45. The molecular weight excluding hydrogens is 462 g/mol. The zero-order valence-corrected chi connectivity index (χ0v) is 21.1. The van der Waals surface area contributed by atoms with Gasteiger partial charge in [-0.1, -0.05) is 41.2 Å². The molecule has 3 aromatic rings. The average molecular weight is 492 g/mol. The predicted octanol–water partition coefficient (Wildman–Crippen LogP) is 3.69. The van der Waals surface area contributed by atoms with Gasteiger partial charge in [-0.15, -0.1) is 0 Å². The maximum Gasteiger partial charge on any atom is 0.338 e. The molecular formula is C27H29N3O4S. The number of hydrogen-bond acceptors (Lipinski definition) is 7. The largest absolute Gasteiger partial charge is 0.463 e. The van der Waals surface area contributed by atoms with Crippen molar-refractivity contribution >= 4 is 29.3 Å². The maximum absolute atomic E-state index is 13.7. The van der Waals surface area contributed by atoms with Crippen molar-refractivity contribution in [3.8, 4) is 0 Å². The van der Waals surface area contributed by atoms with Crippen LogP contribution in [0.5, 0.6) is 0 Å². The van der Waals surface area contributed by atoms with E-state index in [2.05, 4.69) is 9.89 Å². The van der Waals surface area contributed by atoms with Gasteiger partial charge in [-0.05, 0) is 51.7 Å². The number of furan rings is 1. The third kappa shape index (κ3) is 4.50. The molecule has 1 atom stereocenters. The zero-order valence-electron chi connectivity index (χ0n) is 20.2. The molecule has 0 spiro atoms.